The molecular formula is C17H29NO2S. The van der Waals surface area contributed by atoms with Crippen molar-refractivity contribution < 1.29 is 9.84 Å². The standard InChI is InChI=1S/C17H29NO2S/c1-17(2,16-9-6-10-21-16)13-18-11-14(19)12-20-15-7-4-3-5-8-15/h6,9-10,14-15,18-19H,3-5,7-8,11-13H2,1-2H3. The van der Waals surface area contributed by atoms with Crippen molar-refractivity contribution in [3.63, 3.8) is 0 Å². The molecule has 0 aromatic carbocycles. The largest absolute Gasteiger partial charge is 0.389 e. The number of hydrogen-bond acceptors (Lipinski definition) is 4. The molecule has 1 aromatic heterocycles. The van der Waals surface area contributed by atoms with E-state index in [0.717, 1.165) is 19.4 Å². The summed E-state index contributed by atoms with van der Waals surface area (Å²) in [7, 11) is 0. The van der Waals surface area contributed by atoms with Gasteiger partial charge in [-0.15, -0.1) is 11.3 Å². The highest BCUT2D eigenvalue weighted by molar-refractivity contribution is 7.10. The van der Waals surface area contributed by atoms with Crippen molar-refractivity contribution in [3.8, 4) is 0 Å². The lowest BCUT2D eigenvalue weighted by molar-refractivity contribution is -0.0231. The van der Waals surface area contributed by atoms with E-state index < -0.39 is 6.10 Å². The fourth-order valence-electron chi connectivity index (χ4n) is 2.84. The van der Waals surface area contributed by atoms with Crippen LogP contribution in [0, 0.1) is 0 Å². The second-order valence-electron chi connectivity index (χ2n) is 6.74. The molecule has 1 unspecified atom stereocenters. The van der Waals surface area contributed by atoms with Gasteiger partial charge in [0.25, 0.3) is 0 Å². The molecule has 2 rings (SSSR count). The van der Waals surface area contributed by atoms with Gasteiger partial charge in [0.2, 0.25) is 0 Å². The molecule has 1 fully saturated rings. The summed E-state index contributed by atoms with van der Waals surface area (Å²) < 4.78 is 5.81. The third-order valence-electron chi connectivity index (χ3n) is 4.21. The molecule has 3 nitrogen and oxygen atoms in total. The van der Waals surface area contributed by atoms with E-state index in [9.17, 15) is 5.11 Å². The number of rotatable bonds is 8. The van der Waals surface area contributed by atoms with E-state index in [1.807, 2.05) is 0 Å². The van der Waals surface area contributed by atoms with Crippen LogP contribution in [-0.4, -0.2) is 37.0 Å². The first-order valence-corrected chi connectivity index (χ1v) is 9.00. The molecule has 1 aliphatic carbocycles. The lowest BCUT2D eigenvalue weighted by Gasteiger charge is -2.26. The van der Waals surface area contributed by atoms with Crippen molar-refractivity contribution in [1.82, 2.24) is 5.32 Å². The van der Waals surface area contributed by atoms with Crippen LogP contribution < -0.4 is 5.32 Å². The van der Waals surface area contributed by atoms with Crippen LogP contribution in [0.1, 0.15) is 50.8 Å². The minimum absolute atomic E-state index is 0.109. The highest BCUT2D eigenvalue weighted by Crippen LogP contribution is 2.26. The summed E-state index contributed by atoms with van der Waals surface area (Å²) in [6.45, 7) is 6.39. The van der Waals surface area contributed by atoms with Gasteiger partial charge in [-0.25, -0.2) is 0 Å². The van der Waals surface area contributed by atoms with E-state index >= 15 is 0 Å². The fourth-order valence-corrected chi connectivity index (χ4v) is 3.69. The Labute approximate surface area is 132 Å². The Kier molecular flexibility index (Phi) is 6.68. The van der Waals surface area contributed by atoms with Crippen molar-refractivity contribution in [2.75, 3.05) is 19.7 Å². The average molecular weight is 311 g/mol. The zero-order chi connectivity index (χ0) is 15.1. The van der Waals surface area contributed by atoms with Crippen LogP contribution in [0.3, 0.4) is 0 Å². The first kappa shape index (κ1) is 16.9. The summed E-state index contributed by atoms with van der Waals surface area (Å²) in [6, 6.07) is 4.27. The Morgan fingerprint density at radius 2 is 2.14 bits per heavy atom. The number of aliphatic hydroxyl groups excluding tert-OH is 1. The third-order valence-corrected chi connectivity index (χ3v) is 5.45. The predicted octanol–water partition coefficient (Wildman–Crippen LogP) is 3.33. The maximum atomic E-state index is 10.0. The lowest BCUT2D eigenvalue weighted by Crippen LogP contribution is -2.38. The van der Waals surface area contributed by atoms with Gasteiger partial charge in [0.05, 0.1) is 18.8 Å². The van der Waals surface area contributed by atoms with Crippen molar-refractivity contribution in [2.45, 2.75) is 63.6 Å². The van der Waals surface area contributed by atoms with Gasteiger partial charge < -0.3 is 15.2 Å². The van der Waals surface area contributed by atoms with Crippen molar-refractivity contribution in [2.24, 2.45) is 0 Å². The molecule has 1 atom stereocenters. The molecule has 1 aromatic rings. The minimum Gasteiger partial charge on any atom is -0.389 e. The van der Waals surface area contributed by atoms with Gasteiger partial charge >= 0.3 is 0 Å². The quantitative estimate of drug-likeness (QED) is 0.774. The molecule has 0 bridgehead atoms. The zero-order valence-corrected chi connectivity index (χ0v) is 14.1. The van der Waals surface area contributed by atoms with E-state index in [4.69, 9.17) is 4.74 Å². The summed E-state index contributed by atoms with van der Waals surface area (Å²) in [5, 5.41) is 15.5. The summed E-state index contributed by atoms with van der Waals surface area (Å²) in [6.07, 6.45) is 6.16. The van der Waals surface area contributed by atoms with Gasteiger partial charge in [-0.2, -0.15) is 0 Å². The van der Waals surface area contributed by atoms with Crippen LogP contribution in [0.4, 0.5) is 0 Å². The summed E-state index contributed by atoms with van der Waals surface area (Å²) >= 11 is 1.79. The Morgan fingerprint density at radius 3 is 2.81 bits per heavy atom. The van der Waals surface area contributed by atoms with Crippen LogP contribution >= 0.6 is 11.3 Å². The SMILES string of the molecule is CC(C)(CNCC(O)COC1CCCCC1)c1cccs1. The molecule has 0 saturated heterocycles. The number of ether oxygens (including phenoxy) is 1. The molecule has 2 N–H and O–H groups in total. The number of hydrogen-bond donors (Lipinski definition) is 2. The molecule has 0 radical (unpaired) electrons. The van der Waals surface area contributed by atoms with E-state index in [1.165, 1.54) is 24.1 Å². The smallest absolute Gasteiger partial charge is 0.0897 e. The fraction of sp³-hybridized carbons (Fsp3) is 0.765. The summed E-state index contributed by atoms with van der Waals surface area (Å²) in [5.74, 6) is 0. The molecule has 1 aliphatic rings. The Morgan fingerprint density at radius 1 is 1.38 bits per heavy atom. The molecule has 4 heteroatoms. The topological polar surface area (TPSA) is 41.5 Å². The molecule has 0 spiro atoms. The highest BCUT2D eigenvalue weighted by atomic mass is 32.1. The maximum Gasteiger partial charge on any atom is 0.0897 e. The van der Waals surface area contributed by atoms with Gasteiger partial charge in [-0.1, -0.05) is 39.2 Å². The molecule has 0 aliphatic heterocycles. The molecule has 0 amide bonds. The number of aliphatic hydroxyl groups is 1. The molecule has 1 saturated carbocycles. The van der Waals surface area contributed by atoms with Gasteiger partial charge in [0, 0.05) is 23.4 Å². The van der Waals surface area contributed by atoms with Crippen LogP contribution in [0.2, 0.25) is 0 Å². The maximum absolute atomic E-state index is 10.0. The van der Waals surface area contributed by atoms with Crippen LogP contribution in [0.5, 0.6) is 0 Å². The Bertz CT molecular complexity index is 386. The molecular weight excluding hydrogens is 282 g/mol. The summed E-state index contributed by atoms with van der Waals surface area (Å²) in [5.41, 5.74) is 0.109. The van der Waals surface area contributed by atoms with Gasteiger partial charge in [0.15, 0.2) is 0 Å². The van der Waals surface area contributed by atoms with Crippen molar-refractivity contribution >= 4 is 11.3 Å². The minimum atomic E-state index is -0.411. The van der Waals surface area contributed by atoms with E-state index in [0.29, 0.717) is 19.3 Å². The molecule has 1 heterocycles. The second kappa shape index (κ2) is 8.28. The monoisotopic (exact) mass is 311 g/mol. The number of thiophene rings is 1. The normalized spacial score (nSPS) is 18.8. The van der Waals surface area contributed by atoms with E-state index in [1.54, 1.807) is 11.3 Å². The average Bonchev–Trinajstić information content (AvgIpc) is 3.01. The highest BCUT2D eigenvalue weighted by Gasteiger charge is 2.22. The van der Waals surface area contributed by atoms with Gasteiger partial charge in [-0.05, 0) is 24.3 Å². The van der Waals surface area contributed by atoms with E-state index in [2.05, 4.69) is 36.7 Å². The van der Waals surface area contributed by atoms with Gasteiger partial charge in [-0.3, -0.25) is 0 Å². The molecule has 21 heavy (non-hydrogen) atoms. The lowest BCUT2D eigenvalue weighted by atomic mass is 9.91. The first-order chi connectivity index (χ1) is 10.1. The Hall–Kier alpha value is -0.420. The summed E-state index contributed by atoms with van der Waals surface area (Å²) in [4.78, 5) is 1.38. The molecule has 120 valence electrons. The second-order valence-corrected chi connectivity index (χ2v) is 7.69. The first-order valence-electron chi connectivity index (χ1n) is 8.12. The Balaban J connectivity index is 1.61. The third kappa shape index (κ3) is 5.70. The van der Waals surface area contributed by atoms with Crippen molar-refractivity contribution in [3.05, 3.63) is 22.4 Å². The van der Waals surface area contributed by atoms with Crippen molar-refractivity contribution in [1.29, 1.82) is 0 Å². The van der Waals surface area contributed by atoms with Crippen LogP contribution in [0.25, 0.3) is 0 Å². The van der Waals surface area contributed by atoms with Crippen LogP contribution in [-0.2, 0) is 10.2 Å². The van der Waals surface area contributed by atoms with Crippen LogP contribution in [0.15, 0.2) is 17.5 Å². The van der Waals surface area contributed by atoms with E-state index in [-0.39, 0.29) is 5.41 Å². The van der Waals surface area contributed by atoms with Gasteiger partial charge in [0.1, 0.15) is 0 Å². The number of nitrogens with one attached hydrogen (secondary N) is 1. The zero-order valence-electron chi connectivity index (χ0n) is 13.3. The predicted molar refractivity (Wildman–Crippen MR) is 89.0 cm³/mol.